The summed E-state index contributed by atoms with van der Waals surface area (Å²) in [5, 5.41) is 8.92. The van der Waals surface area contributed by atoms with Gasteiger partial charge in [0, 0.05) is 17.5 Å². The molecule has 0 amide bonds. The van der Waals surface area contributed by atoms with Crippen molar-refractivity contribution in [3.05, 3.63) is 54.1 Å². The molecule has 1 atom stereocenters. The molecule has 132 valence electrons. The monoisotopic (exact) mass is 342 g/mol. The van der Waals surface area contributed by atoms with Crippen LogP contribution in [-0.2, 0) is 4.79 Å². The average Bonchev–Trinajstić information content (AvgIpc) is 3.00. The maximum Gasteiger partial charge on any atom is 0.304 e. The van der Waals surface area contributed by atoms with Crippen LogP contribution in [0.15, 0.2) is 48.5 Å². The van der Waals surface area contributed by atoms with Crippen LogP contribution in [0.25, 0.3) is 0 Å². The lowest BCUT2D eigenvalue weighted by Gasteiger charge is -2.09. The van der Waals surface area contributed by atoms with E-state index in [0.717, 1.165) is 35.7 Å². The number of para-hydroxylation sites is 1. The van der Waals surface area contributed by atoms with Crippen LogP contribution in [0.5, 0.6) is 17.2 Å². The third-order valence-corrected chi connectivity index (χ3v) is 4.11. The molecule has 3 rings (SSSR count). The highest BCUT2D eigenvalue weighted by molar-refractivity contribution is 5.68. The van der Waals surface area contributed by atoms with E-state index < -0.39 is 5.97 Å². The number of hydrogen-bond acceptors (Lipinski definition) is 4. The molecule has 5 heteroatoms. The second-order valence-corrected chi connectivity index (χ2v) is 6.02. The molecule has 1 aliphatic heterocycles. The minimum atomic E-state index is -0.806. The summed E-state index contributed by atoms with van der Waals surface area (Å²) in [6.07, 6.45) is 1.90. The van der Waals surface area contributed by atoms with Gasteiger partial charge >= 0.3 is 5.97 Å². The molecule has 1 aliphatic rings. The number of aliphatic carboxylic acids is 1. The van der Waals surface area contributed by atoms with Gasteiger partial charge in [0.2, 0.25) is 0 Å². The van der Waals surface area contributed by atoms with E-state index in [-0.39, 0.29) is 12.3 Å². The summed E-state index contributed by atoms with van der Waals surface area (Å²) >= 11 is 0. The summed E-state index contributed by atoms with van der Waals surface area (Å²) in [6.45, 7) is 1.69. The van der Waals surface area contributed by atoms with E-state index in [4.69, 9.17) is 19.3 Å². The molecule has 0 saturated heterocycles. The second kappa shape index (κ2) is 8.42. The van der Waals surface area contributed by atoms with E-state index in [0.29, 0.717) is 19.8 Å². The minimum Gasteiger partial charge on any atom is -0.494 e. The summed E-state index contributed by atoms with van der Waals surface area (Å²) in [5.74, 6) is 1.49. The number of ether oxygens (including phenoxy) is 3. The molecule has 1 unspecified atom stereocenters. The van der Waals surface area contributed by atoms with Crippen molar-refractivity contribution in [3.8, 4) is 17.2 Å². The Balaban J connectivity index is 1.39. The maximum atomic E-state index is 10.9. The first-order chi connectivity index (χ1) is 12.2. The first-order valence-electron chi connectivity index (χ1n) is 8.51. The fourth-order valence-electron chi connectivity index (χ4n) is 2.83. The van der Waals surface area contributed by atoms with E-state index >= 15 is 0 Å². The van der Waals surface area contributed by atoms with Crippen molar-refractivity contribution >= 4 is 5.97 Å². The normalized spacial score (nSPS) is 15.3. The quantitative estimate of drug-likeness (QED) is 0.701. The van der Waals surface area contributed by atoms with Gasteiger partial charge in [-0.2, -0.15) is 0 Å². The van der Waals surface area contributed by atoms with E-state index in [1.54, 1.807) is 0 Å². The van der Waals surface area contributed by atoms with Crippen molar-refractivity contribution in [3.63, 3.8) is 0 Å². The van der Waals surface area contributed by atoms with E-state index in [9.17, 15) is 4.79 Å². The number of benzene rings is 2. The van der Waals surface area contributed by atoms with Gasteiger partial charge in [0.15, 0.2) is 0 Å². The fourth-order valence-corrected chi connectivity index (χ4v) is 2.83. The third kappa shape index (κ3) is 4.89. The van der Waals surface area contributed by atoms with Crippen LogP contribution >= 0.6 is 0 Å². The van der Waals surface area contributed by atoms with Gasteiger partial charge in [-0.25, -0.2) is 0 Å². The molecule has 2 aromatic carbocycles. The van der Waals surface area contributed by atoms with Crippen LogP contribution < -0.4 is 14.2 Å². The van der Waals surface area contributed by atoms with Gasteiger partial charge in [-0.1, -0.05) is 24.3 Å². The molecule has 25 heavy (non-hydrogen) atoms. The Labute approximate surface area is 147 Å². The van der Waals surface area contributed by atoms with Gasteiger partial charge in [0.05, 0.1) is 26.2 Å². The molecule has 1 N–H and O–H groups in total. The summed E-state index contributed by atoms with van der Waals surface area (Å²) in [6, 6.07) is 15.4. The molecule has 5 nitrogen and oxygen atoms in total. The molecule has 0 fully saturated rings. The van der Waals surface area contributed by atoms with E-state index in [1.165, 1.54) is 0 Å². The molecular formula is C20H22O5. The summed E-state index contributed by atoms with van der Waals surface area (Å²) in [5.41, 5.74) is 0.950. The number of carbonyl (C=O) groups is 1. The number of carboxylic acid groups (broad SMARTS) is 1. The van der Waals surface area contributed by atoms with Crippen molar-refractivity contribution < 1.29 is 24.1 Å². The topological polar surface area (TPSA) is 65.0 Å². The number of unbranched alkanes of at least 4 members (excludes halogenated alkanes) is 1. The molecule has 0 aromatic heterocycles. The zero-order chi connectivity index (χ0) is 17.5. The number of hydrogen-bond donors (Lipinski definition) is 1. The Morgan fingerprint density at radius 1 is 1.04 bits per heavy atom. The lowest BCUT2D eigenvalue weighted by Crippen LogP contribution is -2.07. The first-order valence-corrected chi connectivity index (χ1v) is 8.51. The third-order valence-electron chi connectivity index (χ3n) is 4.11. The molecule has 2 aromatic rings. The molecule has 0 spiro atoms. The van der Waals surface area contributed by atoms with E-state index in [1.807, 2.05) is 48.5 Å². The SMILES string of the molecule is O=C(O)CC1COc2cc(OCCCCOc3ccccc3)ccc21. The molecular weight excluding hydrogens is 320 g/mol. The van der Waals surface area contributed by atoms with Gasteiger partial charge in [-0.3, -0.25) is 4.79 Å². The number of fused-ring (bicyclic) bond motifs is 1. The summed E-state index contributed by atoms with van der Waals surface area (Å²) in [7, 11) is 0. The van der Waals surface area contributed by atoms with Crippen molar-refractivity contribution in [2.45, 2.75) is 25.2 Å². The van der Waals surface area contributed by atoms with Gasteiger partial charge in [0.1, 0.15) is 17.2 Å². The van der Waals surface area contributed by atoms with Gasteiger partial charge in [0.25, 0.3) is 0 Å². The first kappa shape index (κ1) is 17.1. The summed E-state index contributed by atoms with van der Waals surface area (Å²) in [4.78, 5) is 10.9. The molecule has 0 aliphatic carbocycles. The zero-order valence-corrected chi connectivity index (χ0v) is 14.0. The zero-order valence-electron chi connectivity index (χ0n) is 14.0. The fraction of sp³-hybridized carbons (Fsp3) is 0.350. The highest BCUT2D eigenvalue weighted by atomic mass is 16.5. The maximum absolute atomic E-state index is 10.9. The van der Waals surface area contributed by atoms with Gasteiger partial charge in [-0.05, 0) is 31.0 Å². The van der Waals surface area contributed by atoms with Gasteiger partial charge < -0.3 is 19.3 Å². The minimum absolute atomic E-state index is 0.0725. The second-order valence-electron chi connectivity index (χ2n) is 6.02. The highest BCUT2D eigenvalue weighted by Gasteiger charge is 2.26. The van der Waals surface area contributed by atoms with Crippen LogP contribution in [0.3, 0.4) is 0 Å². The summed E-state index contributed by atoms with van der Waals surface area (Å²) < 4.78 is 17.0. The smallest absolute Gasteiger partial charge is 0.304 e. The molecule has 1 heterocycles. The van der Waals surface area contributed by atoms with Crippen LogP contribution in [0.4, 0.5) is 0 Å². The predicted octanol–water partition coefficient (Wildman–Crippen LogP) is 3.88. The Morgan fingerprint density at radius 2 is 1.76 bits per heavy atom. The van der Waals surface area contributed by atoms with Crippen molar-refractivity contribution in [1.82, 2.24) is 0 Å². The predicted molar refractivity (Wildman–Crippen MR) is 93.6 cm³/mol. The lowest BCUT2D eigenvalue weighted by atomic mass is 9.98. The molecule has 0 saturated carbocycles. The Hall–Kier alpha value is -2.69. The number of carboxylic acids is 1. The van der Waals surface area contributed by atoms with Crippen molar-refractivity contribution in [2.24, 2.45) is 0 Å². The largest absolute Gasteiger partial charge is 0.494 e. The number of rotatable bonds is 9. The van der Waals surface area contributed by atoms with Crippen LogP contribution in [-0.4, -0.2) is 30.9 Å². The molecule has 0 radical (unpaired) electrons. The Morgan fingerprint density at radius 3 is 2.48 bits per heavy atom. The van der Waals surface area contributed by atoms with E-state index in [2.05, 4.69) is 0 Å². The standard InChI is InChI=1S/C20H22O5/c21-20(22)12-15-14-25-19-13-17(8-9-18(15)19)24-11-5-4-10-23-16-6-2-1-3-7-16/h1-3,6-9,13,15H,4-5,10-12,14H2,(H,21,22). The van der Waals surface area contributed by atoms with Gasteiger partial charge in [-0.15, -0.1) is 0 Å². The Bertz CT molecular complexity index is 698. The van der Waals surface area contributed by atoms with Crippen LogP contribution in [0, 0.1) is 0 Å². The Kier molecular flexibility index (Phi) is 5.77. The van der Waals surface area contributed by atoms with Crippen molar-refractivity contribution in [2.75, 3.05) is 19.8 Å². The molecule has 0 bridgehead atoms. The lowest BCUT2D eigenvalue weighted by molar-refractivity contribution is -0.137. The highest BCUT2D eigenvalue weighted by Crippen LogP contribution is 2.38. The average molecular weight is 342 g/mol. The van der Waals surface area contributed by atoms with Crippen molar-refractivity contribution in [1.29, 1.82) is 0 Å². The van der Waals surface area contributed by atoms with Crippen LogP contribution in [0.2, 0.25) is 0 Å². The van der Waals surface area contributed by atoms with Crippen LogP contribution in [0.1, 0.15) is 30.7 Å².